The zero-order chi connectivity index (χ0) is 40.0. The van der Waals surface area contributed by atoms with Crippen LogP contribution >= 0.6 is 23.2 Å². The Morgan fingerprint density at radius 3 is 2.18 bits per heavy atom. The molecule has 4 atom stereocenters. The molecule has 302 valence electrons. The predicted molar refractivity (Wildman–Crippen MR) is 207 cm³/mol. The lowest BCUT2D eigenvalue weighted by Gasteiger charge is -2.39. The minimum absolute atomic E-state index is 0.00933. The smallest absolute Gasteiger partial charge is 0.405 e. The van der Waals surface area contributed by atoms with Gasteiger partial charge in [0.25, 0.3) is 0 Å². The Morgan fingerprint density at radius 2 is 1.58 bits per heavy atom. The number of aromatic amines is 1. The third-order valence-electron chi connectivity index (χ3n) is 9.55. The van der Waals surface area contributed by atoms with Gasteiger partial charge in [0, 0.05) is 36.1 Å². The fraction of sp³-hybridized carbons (Fsp3) is 0.526. The van der Waals surface area contributed by atoms with Crippen LogP contribution in [0.25, 0.3) is 10.9 Å². The maximum absolute atomic E-state index is 14.3. The second-order valence-corrected chi connectivity index (χ2v) is 14.3. The Balaban J connectivity index is 1.43. The molecule has 0 spiro atoms. The molecule has 0 bridgehead atoms. The SMILES string of the molecule is CCC(C)C(NC(=O)[C@@]1(NC(=O)[C@H](Cc2ccc(OCCOCCOCCOCCOC)cc2)NC(=O)O)CCc2[nH]c3c(Cl)cc(Cl)cc3c2C1)C(N)=O. The number of primary amides is 1. The van der Waals surface area contributed by atoms with Crippen LogP contribution in [0.4, 0.5) is 4.79 Å². The van der Waals surface area contributed by atoms with E-state index in [-0.39, 0.29) is 25.2 Å². The average molecular weight is 809 g/mol. The van der Waals surface area contributed by atoms with Crippen LogP contribution in [-0.4, -0.2) is 111 Å². The molecule has 1 aliphatic carbocycles. The van der Waals surface area contributed by atoms with Crippen LogP contribution in [0.2, 0.25) is 10.0 Å². The monoisotopic (exact) mass is 807 g/mol. The summed E-state index contributed by atoms with van der Waals surface area (Å²) < 4.78 is 27.0. The highest BCUT2D eigenvalue weighted by molar-refractivity contribution is 6.38. The molecule has 3 aromatic rings. The number of carbonyl (C=O) groups is 4. The molecule has 1 aliphatic rings. The number of methoxy groups -OCH3 is 1. The van der Waals surface area contributed by atoms with Crippen molar-refractivity contribution in [1.29, 1.82) is 0 Å². The van der Waals surface area contributed by atoms with Gasteiger partial charge in [-0.1, -0.05) is 55.6 Å². The van der Waals surface area contributed by atoms with E-state index in [4.69, 9.17) is 52.6 Å². The van der Waals surface area contributed by atoms with Gasteiger partial charge in [-0.25, -0.2) is 4.79 Å². The van der Waals surface area contributed by atoms with Crippen molar-refractivity contribution in [1.82, 2.24) is 20.9 Å². The summed E-state index contributed by atoms with van der Waals surface area (Å²) in [4.78, 5) is 56.1. The summed E-state index contributed by atoms with van der Waals surface area (Å²) >= 11 is 12.9. The lowest BCUT2D eigenvalue weighted by molar-refractivity contribution is -0.137. The van der Waals surface area contributed by atoms with Gasteiger partial charge in [0.05, 0.1) is 56.8 Å². The highest BCUT2D eigenvalue weighted by atomic mass is 35.5. The van der Waals surface area contributed by atoms with Crippen molar-refractivity contribution in [2.45, 2.75) is 63.6 Å². The van der Waals surface area contributed by atoms with Crippen LogP contribution < -0.4 is 26.4 Å². The van der Waals surface area contributed by atoms with Crippen molar-refractivity contribution in [2.24, 2.45) is 11.7 Å². The van der Waals surface area contributed by atoms with E-state index in [1.807, 2.05) is 6.92 Å². The summed E-state index contributed by atoms with van der Waals surface area (Å²) in [6.45, 7) is 7.12. The number of nitrogens with two attached hydrogens (primary N) is 1. The van der Waals surface area contributed by atoms with Gasteiger partial charge in [0.2, 0.25) is 17.7 Å². The first-order valence-corrected chi connectivity index (χ1v) is 19.0. The van der Waals surface area contributed by atoms with Crippen molar-refractivity contribution in [3.63, 3.8) is 0 Å². The number of ether oxygens (including phenoxy) is 5. The van der Waals surface area contributed by atoms with E-state index in [1.165, 1.54) is 0 Å². The molecule has 55 heavy (non-hydrogen) atoms. The van der Waals surface area contributed by atoms with Crippen molar-refractivity contribution >= 4 is 57.9 Å². The van der Waals surface area contributed by atoms with Gasteiger partial charge in [0.15, 0.2) is 0 Å². The minimum atomic E-state index is -1.59. The highest BCUT2D eigenvalue weighted by Gasteiger charge is 2.46. The predicted octanol–water partition coefficient (Wildman–Crippen LogP) is 3.79. The molecule has 4 rings (SSSR count). The first-order chi connectivity index (χ1) is 26.4. The third kappa shape index (κ3) is 12.4. The van der Waals surface area contributed by atoms with E-state index in [0.29, 0.717) is 98.0 Å². The summed E-state index contributed by atoms with van der Waals surface area (Å²) in [5, 5.41) is 19.2. The van der Waals surface area contributed by atoms with Crippen LogP contribution in [0.3, 0.4) is 0 Å². The Labute approximate surface area is 330 Å². The summed E-state index contributed by atoms with van der Waals surface area (Å²) in [6, 6.07) is 7.92. The van der Waals surface area contributed by atoms with Crippen LogP contribution in [0.15, 0.2) is 36.4 Å². The number of aryl methyl sites for hydroxylation is 1. The van der Waals surface area contributed by atoms with Crippen molar-refractivity contribution in [3.8, 4) is 5.75 Å². The van der Waals surface area contributed by atoms with E-state index in [2.05, 4.69) is 20.9 Å². The first kappa shape index (κ1) is 43.6. The second-order valence-electron chi connectivity index (χ2n) is 13.4. The number of carboxylic acid groups (broad SMARTS) is 1. The average Bonchev–Trinajstić information content (AvgIpc) is 3.51. The molecule has 2 unspecified atom stereocenters. The van der Waals surface area contributed by atoms with Crippen molar-refractivity contribution in [3.05, 3.63) is 63.3 Å². The van der Waals surface area contributed by atoms with Crippen LogP contribution in [-0.2, 0) is 52.6 Å². The number of amides is 4. The molecule has 0 radical (unpaired) electrons. The van der Waals surface area contributed by atoms with E-state index in [1.54, 1.807) is 50.4 Å². The molecule has 1 heterocycles. The second kappa shape index (κ2) is 21.3. The van der Waals surface area contributed by atoms with Gasteiger partial charge in [-0.05, 0) is 54.2 Å². The number of nitrogens with one attached hydrogen (secondary N) is 4. The van der Waals surface area contributed by atoms with Crippen LogP contribution in [0.1, 0.15) is 43.5 Å². The van der Waals surface area contributed by atoms with Crippen LogP contribution in [0.5, 0.6) is 5.75 Å². The number of aromatic nitrogens is 1. The van der Waals surface area contributed by atoms with E-state index in [0.717, 1.165) is 11.3 Å². The Hall–Kier alpha value is -4.12. The van der Waals surface area contributed by atoms with Gasteiger partial charge >= 0.3 is 6.09 Å². The van der Waals surface area contributed by atoms with Crippen molar-refractivity contribution in [2.75, 3.05) is 60.0 Å². The lowest BCUT2D eigenvalue weighted by Crippen LogP contribution is -2.66. The highest BCUT2D eigenvalue weighted by Crippen LogP contribution is 2.38. The number of carbonyl (C=O) groups excluding carboxylic acids is 3. The Bertz CT molecular complexity index is 1760. The number of fused-ring (bicyclic) bond motifs is 3. The molecule has 7 N–H and O–H groups in total. The van der Waals surface area contributed by atoms with Crippen LogP contribution in [0, 0.1) is 5.92 Å². The van der Waals surface area contributed by atoms with E-state index in [9.17, 15) is 24.3 Å². The normalized spacial score (nSPS) is 16.8. The summed E-state index contributed by atoms with van der Waals surface area (Å²) in [5.74, 6) is -1.79. The zero-order valence-electron chi connectivity index (χ0n) is 31.3. The van der Waals surface area contributed by atoms with Gasteiger partial charge < -0.3 is 55.5 Å². The largest absolute Gasteiger partial charge is 0.491 e. The fourth-order valence-electron chi connectivity index (χ4n) is 6.38. The zero-order valence-corrected chi connectivity index (χ0v) is 32.9. The quantitative estimate of drug-likeness (QED) is 0.0764. The topological polar surface area (TPSA) is 213 Å². The van der Waals surface area contributed by atoms with Gasteiger partial charge in [0.1, 0.15) is 30.0 Å². The molecule has 2 aromatic carbocycles. The Morgan fingerprint density at radius 1 is 0.945 bits per heavy atom. The first-order valence-electron chi connectivity index (χ1n) is 18.2. The molecule has 0 aliphatic heterocycles. The molecule has 1 aromatic heterocycles. The number of halogens is 2. The molecule has 0 saturated heterocycles. The lowest BCUT2D eigenvalue weighted by atomic mass is 9.78. The van der Waals surface area contributed by atoms with E-state index < -0.39 is 41.4 Å². The third-order valence-corrected chi connectivity index (χ3v) is 10.1. The molecule has 0 fully saturated rings. The van der Waals surface area contributed by atoms with Gasteiger partial charge in [-0.15, -0.1) is 0 Å². The van der Waals surface area contributed by atoms with Crippen molar-refractivity contribution < 1.29 is 48.0 Å². The molecule has 15 nitrogen and oxygen atoms in total. The molecular formula is C38H51Cl2N5O10. The maximum Gasteiger partial charge on any atom is 0.405 e. The number of H-pyrrole nitrogens is 1. The molecule has 17 heteroatoms. The fourth-order valence-corrected chi connectivity index (χ4v) is 6.92. The molecule has 0 saturated carbocycles. The summed E-state index contributed by atoms with van der Waals surface area (Å²) in [6.07, 6.45) is -0.418. The number of benzene rings is 2. The summed E-state index contributed by atoms with van der Waals surface area (Å²) in [7, 11) is 1.61. The number of rotatable bonds is 23. The maximum atomic E-state index is 14.3. The summed E-state index contributed by atoms with van der Waals surface area (Å²) in [5.41, 5.74) is 6.93. The Kier molecular flexibility index (Phi) is 16.9. The van der Waals surface area contributed by atoms with E-state index >= 15 is 0 Å². The van der Waals surface area contributed by atoms with Gasteiger partial charge in [-0.2, -0.15) is 0 Å². The standard InChI is InChI=1S/C38H51Cl2N5O10/c1-4-23(2)32(34(41)46)44-36(48)38(10-9-30-28(22-38)27-20-25(39)21-29(40)33(27)42-30)45-35(47)31(43-37(49)50)19-24-5-7-26(8-6-24)55-18-17-54-16-15-53-14-13-52-12-11-51-3/h5-8,20-21,23,31-32,42-43H,4,9-19,22H2,1-3H3,(H2,41,46)(H,44,48)(H,45,47)(H,49,50)/t23?,31-,32?,38+/m0/s1. The van der Waals surface area contributed by atoms with Gasteiger partial charge in [-0.3, -0.25) is 14.4 Å². The molecule has 4 amide bonds. The minimum Gasteiger partial charge on any atom is -0.491 e. The molecular weight excluding hydrogens is 757 g/mol. The number of hydrogen-bond acceptors (Lipinski definition) is 9. The number of hydrogen-bond donors (Lipinski definition) is 6.